The maximum atomic E-state index is 5.30. The summed E-state index contributed by atoms with van der Waals surface area (Å²) in [6, 6.07) is 1.97. The Morgan fingerprint density at radius 3 is 2.57 bits per heavy atom. The summed E-state index contributed by atoms with van der Waals surface area (Å²) in [7, 11) is 1.74. The predicted octanol–water partition coefficient (Wildman–Crippen LogP) is 2.31. The fourth-order valence-electron chi connectivity index (χ4n) is 2.24. The molecule has 0 saturated heterocycles. The Bertz CT molecular complexity index is 638. The number of rotatable bonds is 6. The molecule has 0 aromatic carbocycles. The fraction of sp³-hybridized carbons (Fsp3) is 0.562. The quantitative estimate of drug-likeness (QED) is 0.627. The van der Waals surface area contributed by atoms with Crippen LogP contribution in [-0.2, 0) is 13.0 Å². The summed E-state index contributed by atoms with van der Waals surface area (Å²) in [4.78, 5) is 4.20. The highest BCUT2D eigenvalue weighted by molar-refractivity contribution is 5.79. The lowest BCUT2D eigenvalue weighted by atomic mass is 10.1. The Hall–Kier alpha value is -2.31. The van der Waals surface area contributed by atoms with Crippen LogP contribution in [0, 0.1) is 13.8 Å². The first-order valence-electron chi connectivity index (χ1n) is 7.83. The third-order valence-electron chi connectivity index (χ3n) is 3.67. The summed E-state index contributed by atoms with van der Waals surface area (Å²) < 4.78 is 10.5. The molecule has 0 aliphatic rings. The second kappa shape index (κ2) is 7.80. The predicted molar refractivity (Wildman–Crippen MR) is 88.5 cm³/mol. The van der Waals surface area contributed by atoms with E-state index in [1.165, 1.54) is 0 Å². The Balaban J connectivity index is 1.79. The lowest BCUT2D eigenvalue weighted by Gasteiger charge is -2.10. The summed E-state index contributed by atoms with van der Waals surface area (Å²) in [5.41, 5.74) is 3.04. The van der Waals surface area contributed by atoms with Crippen LogP contribution in [0.5, 0.6) is 0 Å². The third-order valence-corrected chi connectivity index (χ3v) is 3.67. The van der Waals surface area contributed by atoms with Crippen molar-refractivity contribution >= 4 is 5.96 Å². The van der Waals surface area contributed by atoms with E-state index in [1.54, 1.807) is 7.05 Å². The molecule has 0 spiro atoms. The molecule has 7 nitrogen and oxygen atoms in total. The van der Waals surface area contributed by atoms with E-state index in [0.29, 0.717) is 12.5 Å². The van der Waals surface area contributed by atoms with Crippen LogP contribution in [-0.4, -0.2) is 29.9 Å². The highest BCUT2D eigenvalue weighted by Gasteiger charge is 2.10. The second-order valence-electron chi connectivity index (χ2n) is 5.78. The minimum absolute atomic E-state index is 0.361. The van der Waals surface area contributed by atoms with Crippen LogP contribution in [0.4, 0.5) is 0 Å². The molecule has 2 heterocycles. The molecular formula is C16H25N5O2. The summed E-state index contributed by atoms with van der Waals surface area (Å²) in [6.45, 7) is 9.35. The Morgan fingerprint density at radius 2 is 2.00 bits per heavy atom. The first-order valence-corrected chi connectivity index (χ1v) is 7.83. The molecule has 0 aliphatic heterocycles. The van der Waals surface area contributed by atoms with Crippen LogP contribution in [0.25, 0.3) is 0 Å². The van der Waals surface area contributed by atoms with Gasteiger partial charge in [-0.05, 0) is 26.2 Å². The number of aromatic nitrogens is 2. The van der Waals surface area contributed by atoms with Gasteiger partial charge in [0.05, 0.1) is 17.9 Å². The zero-order valence-electron chi connectivity index (χ0n) is 14.4. The van der Waals surface area contributed by atoms with Gasteiger partial charge >= 0.3 is 0 Å². The highest BCUT2D eigenvalue weighted by Crippen LogP contribution is 2.14. The molecule has 0 radical (unpaired) electrons. The third kappa shape index (κ3) is 4.58. The lowest BCUT2D eigenvalue weighted by molar-refractivity contribution is 0.372. The molecule has 2 rings (SSSR count). The van der Waals surface area contributed by atoms with E-state index in [2.05, 4.69) is 39.8 Å². The molecule has 0 aliphatic carbocycles. The van der Waals surface area contributed by atoms with Crippen molar-refractivity contribution in [2.24, 2.45) is 4.99 Å². The van der Waals surface area contributed by atoms with Crippen LogP contribution in [0.2, 0.25) is 0 Å². The van der Waals surface area contributed by atoms with Gasteiger partial charge in [-0.2, -0.15) is 0 Å². The zero-order valence-corrected chi connectivity index (χ0v) is 14.4. The average Bonchev–Trinajstić information content (AvgIpc) is 3.12. The van der Waals surface area contributed by atoms with E-state index in [9.17, 15) is 0 Å². The van der Waals surface area contributed by atoms with Gasteiger partial charge in [-0.15, -0.1) is 0 Å². The van der Waals surface area contributed by atoms with Crippen LogP contribution in [0.1, 0.15) is 48.2 Å². The van der Waals surface area contributed by atoms with E-state index >= 15 is 0 Å². The molecule has 0 fully saturated rings. The number of aryl methyl sites for hydroxylation is 2. The normalized spacial score (nSPS) is 12.0. The van der Waals surface area contributed by atoms with E-state index in [4.69, 9.17) is 9.05 Å². The van der Waals surface area contributed by atoms with Crippen molar-refractivity contribution < 1.29 is 9.05 Å². The SMILES string of the molecule is CN=C(NCCc1c(C)noc1C)NCc1cc(C(C)C)no1. The first-order chi connectivity index (χ1) is 11.0. The van der Waals surface area contributed by atoms with E-state index in [1.807, 2.05) is 19.9 Å². The molecule has 2 aromatic rings. The van der Waals surface area contributed by atoms with Crippen molar-refractivity contribution in [3.63, 3.8) is 0 Å². The van der Waals surface area contributed by atoms with Crippen LogP contribution >= 0.6 is 0 Å². The van der Waals surface area contributed by atoms with Crippen molar-refractivity contribution in [2.45, 2.75) is 46.6 Å². The summed E-state index contributed by atoms with van der Waals surface area (Å²) >= 11 is 0. The molecule has 0 atom stereocenters. The molecule has 126 valence electrons. The summed E-state index contributed by atoms with van der Waals surface area (Å²) in [6.07, 6.45) is 0.835. The van der Waals surface area contributed by atoms with Gasteiger partial charge < -0.3 is 19.7 Å². The molecule has 0 amide bonds. The van der Waals surface area contributed by atoms with E-state index < -0.39 is 0 Å². The molecule has 0 bridgehead atoms. The number of aliphatic imine (C=N–C) groups is 1. The highest BCUT2D eigenvalue weighted by atomic mass is 16.5. The minimum Gasteiger partial charge on any atom is -0.361 e. The smallest absolute Gasteiger partial charge is 0.191 e. The second-order valence-corrected chi connectivity index (χ2v) is 5.78. The zero-order chi connectivity index (χ0) is 16.8. The van der Waals surface area contributed by atoms with Gasteiger partial charge in [0.25, 0.3) is 0 Å². The average molecular weight is 319 g/mol. The lowest BCUT2D eigenvalue weighted by Crippen LogP contribution is -2.37. The Morgan fingerprint density at radius 1 is 1.22 bits per heavy atom. The maximum Gasteiger partial charge on any atom is 0.191 e. The number of nitrogens with one attached hydrogen (secondary N) is 2. The largest absolute Gasteiger partial charge is 0.361 e. The molecule has 0 saturated carbocycles. The Labute approximate surface area is 136 Å². The van der Waals surface area contributed by atoms with E-state index in [-0.39, 0.29) is 0 Å². The Kier molecular flexibility index (Phi) is 5.78. The summed E-state index contributed by atoms with van der Waals surface area (Å²) in [5, 5.41) is 14.5. The van der Waals surface area contributed by atoms with Gasteiger partial charge in [-0.25, -0.2) is 0 Å². The van der Waals surface area contributed by atoms with Gasteiger partial charge in [0.2, 0.25) is 0 Å². The molecule has 23 heavy (non-hydrogen) atoms. The number of hydrogen-bond acceptors (Lipinski definition) is 5. The van der Waals surface area contributed by atoms with Gasteiger partial charge in [-0.1, -0.05) is 24.2 Å². The van der Waals surface area contributed by atoms with Gasteiger partial charge in [0.15, 0.2) is 11.7 Å². The first kappa shape index (κ1) is 17.1. The van der Waals surface area contributed by atoms with Crippen LogP contribution < -0.4 is 10.6 Å². The van der Waals surface area contributed by atoms with Crippen molar-refractivity contribution in [3.8, 4) is 0 Å². The van der Waals surface area contributed by atoms with Gasteiger partial charge in [-0.3, -0.25) is 4.99 Å². The molecular weight excluding hydrogens is 294 g/mol. The molecule has 2 N–H and O–H groups in total. The van der Waals surface area contributed by atoms with Crippen molar-refractivity contribution in [2.75, 3.05) is 13.6 Å². The van der Waals surface area contributed by atoms with Crippen LogP contribution in [0.3, 0.4) is 0 Å². The van der Waals surface area contributed by atoms with Gasteiger partial charge in [0.1, 0.15) is 5.76 Å². The molecule has 0 unspecified atom stereocenters. The topological polar surface area (TPSA) is 88.5 Å². The van der Waals surface area contributed by atoms with Crippen molar-refractivity contribution in [1.82, 2.24) is 20.9 Å². The monoisotopic (exact) mass is 319 g/mol. The molecule has 7 heteroatoms. The number of guanidine groups is 1. The number of hydrogen-bond donors (Lipinski definition) is 2. The van der Waals surface area contributed by atoms with Crippen LogP contribution in [0.15, 0.2) is 20.1 Å². The van der Waals surface area contributed by atoms with E-state index in [0.717, 1.165) is 47.4 Å². The van der Waals surface area contributed by atoms with Crippen molar-refractivity contribution in [3.05, 3.63) is 34.5 Å². The van der Waals surface area contributed by atoms with Gasteiger partial charge in [0, 0.05) is 25.2 Å². The molecule has 2 aromatic heterocycles. The maximum absolute atomic E-state index is 5.30. The fourth-order valence-corrected chi connectivity index (χ4v) is 2.24. The minimum atomic E-state index is 0.361. The standard InChI is InChI=1S/C16H25N5O2/c1-10(2)15-8-13(23-21-15)9-19-16(17-5)18-7-6-14-11(3)20-22-12(14)4/h8,10H,6-7,9H2,1-5H3,(H2,17,18,19). The number of nitrogens with zero attached hydrogens (tertiary/aromatic N) is 3. The van der Waals surface area contributed by atoms with Crippen molar-refractivity contribution in [1.29, 1.82) is 0 Å². The summed E-state index contributed by atoms with van der Waals surface area (Å²) in [5.74, 6) is 2.75.